The number of amides is 1. The first-order chi connectivity index (χ1) is 14.3. The zero-order chi connectivity index (χ0) is 21.8. The van der Waals surface area contributed by atoms with E-state index in [2.05, 4.69) is 62.6 Å². The number of hydroxylamine groups is 1. The van der Waals surface area contributed by atoms with Gasteiger partial charge in [0.2, 0.25) is 0 Å². The van der Waals surface area contributed by atoms with Crippen LogP contribution in [0.4, 0.5) is 23.0 Å². The molecule has 0 aliphatic carbocycles. The molecule has 2 heterocycles. The maximum Gasteiger partial charge on any atom is 0.276 e. The van der Waals surface area contributed by atoms with E-state index in [1.807, 2.05) is 29.8 Å². The van der Waals surface area contributed by atoms with Gasteiger partial charge < -0.3 is 10.6 Å². The van der Waals surface area contributed by atoms with Crippen LogP contribution in [0, 0.1) is 10.5 Å². The highest BCUT2D eigenvalue weighted by Crippen LogP contribution is 2.31. The molecule has 0 aliphatic heterocycles. The van der Waals surface area contributed by atoms with Gasteiger partial charge in [-0.05, 0) is 61.6 Å². The van der Waals surface area contributed by atoms with E-state index in [0.717, 1.165) is 15.1 Å². The largest absolute Gasteiger partial charge is 0.353 e. The van der Waals surface area contributed by atoms with Gasteiger partial charge in [-0.1, -0.05) is 11.6 Å². The van der Waals surface area contributed by atoms with E-state index in [9.17, 15) is 4.79 Å². The van der Waals surface area contributed by atoms with E-state index in [1.165, 1.54) is 7.11 Å². The minimum Gasteiger partial charge on any atom is -0.353 e. The average molecular weight is 541 g/mol. The Balaban J connectivity index is 1.92. The lowest BCUT2D eigenvalue weighted by Gasteiger charge is -2.15. The van der Waals surface area contributed by atoms with Crippen LogP contribution in [0.15, 0.2) is 36.5 Å². The number of aromatic nitrogens is 3. The molecule has 158 valence electrons. The van der Waals surface area contributed by atoms with Gasteiger partial charge in [-0.25, -0.2) is 15.1 Å². The third kappa shape index (κ3) is 5.21. The Morgan fingerprint density at radius 3 is 2.67 bits per heavy atom. The molecule has 3 N–H and O–H groups in total. The normalized spacial score (nSPS) is 10.9. The summed E-state index contributed by atoms with van der Waals surface area (Å²) in [6.45, 7) is 6.06. The number of carbonyl (C=O) groups is 1. The minimum atomic E-state index is -0.365. The quantitative estimate of drug-likeness (QED) is 0.282. The van der Waals surface area contributed by atoms with Crippen LogP contribution in [0.2, 0.25) is 5.02 Å². The SMILES string of the molecule is CONC(=O)c1ccc(I)cc1Nc1cc(Nc2cc(C)nn2C(C)C)ncc1Cl. The lowest BCUT2D eigenvalue weighted by molar-refractivity contribution is 0.0538. The van der Waals surface area contributed by atoms with Crippen LogP contribution in [0.1, 0.15) is 35.9 Å². The third-order valence-corrected chi connectivity index (χ3v) is 5.12. The van der Waals surface area contributed by atoms with Gasteiger partial charge in [0.1, 0.15) is 11.6 Å². The fourth-order valence-corrected chi connectivity index (χ4v) is 3.49. The highest BCUT2D eigenvalue weighted by Gasteiger charge is 2.15. The second-order valence-electron chi connectivity index (χ2n) is 6.83. The highest BCUT2D eigenvalue weighted by atomic mass is 127. The van der Waals surface area contributed by atoms with E-state index in [-0.39, 0.29) is 11.9 Å². The molecule has 3 aromatic rings. The van der Waals surface area contributed by atoms with Crippen LogP contribution in [-0.2, 0) is 4.84 Å². The van der Waals surface area contributed by atoms with Crippen molar-refractivity contribution in [3.05, 3.63) is 56.4 Å². The average Bonchev–Trinajstić information content (AvgIpc) is 3.05. The van der Waals surface area contributed by atoms with Crippen LogP contribution < -0.4 is 16.1 Å². The van der Waals surface area contributed by atoms with Gasteiger partial charge in [-0.3, -0.25) is 9.63 Å². The van der Waals surface area contributed by atoms with Crippen LogP contribution in [-0.4, -0.2) is 27.8 Å². The Morgan fingerprint density at radius 1 is 1.20 bits per heavy atom. The topological polar surface area (TPSA) is 93.1 Å². The van der Waals surface area contributed by atoms with Crippen molar-refractivity contribution in [3.8, 4) is 0 Å². The van der Waals surface area contributed by atoms with Gasteiger partial charge in [-0.15, -0.1) is 0 Å². The maximum absolute atomic E-state index is 12.3. The summed E-state index contributed by atoms with van der Waals surface area (Å²) in [6, 6.07) is 9.35. The molecule has 8 nitrogen and oxygen atoms in total. The summed E-state index contributed by atoms with van der Waals surface area (Å²) in [5.74, 6) is 1.06. The Labute approximate surface area is 193 Å². The summed E-state index contributed by atoms with van der Waals surface area (Å²) >= 11 is 8.55. The molecule has 0 radical (unpaired) electrons. The lowest BCUT2D eigenvalue weighted by Crippen LogP contribution is -2.22. The molecule has 0 fully saturated rings. The van der Waals surface area contributed by atoms with Gasteiger partial charge in [0.25, 0.3) is 5.91 Å². The van der Waals surface area contributed by atoms with Crippen LogP contribution in [0.25, 0.3) is 0 Å². The number of anilines is 4. The minimum absolute atomic E-state index is 0.194. The molecule has 0 saturated heterocycles. The lowest BCUT2D eigenvalue weighted by atomic mass is 10.1. The second-order valence-corrected chi connectivity index (χ2v) is 8.49. The molecule has 0 aliphatic rings. The number of halogens is 2. The molecule has 3 rings (SSSR count). The molecule has 0 bridgehead atoms. The summed E-state index contributed by atoms with van der Waals surface area (Å²) in [4.78, 5) is 21.4. The van der Waals surface area contributed by atoms with Crippen molar-refractivity contribution in [2.24, 2.45) is 0 Å². The van der Waals surface area contributed by atoms with Gasteiger partial charge in [0.15, 0.2) is 0 Å². The van der Waals surface area contributed by atoms with Gasteiger partial charge in [0.05, 0.1) is 41.0 Å². The maximum atomic E-state index is 12.3. The smallest absolute Gasteiger partial charge is 0.276 e. The van der Waals surface area contributed by atoms with Crippen molar-refractivity contribution in [2.75, 3.05) is 17.7 Å². The summed E-state index contributed by atoms with van der Waals surface area (Å²) < 4.78 is 2.86. The molecular weight excluding hydrogens is 519 g/mol. The van der Waals surface area contributed by atoms with Crippen LogP contribution in [0.5, 0.6) is 0 Å². The monoisotopic (exact) mass is 540 g/mol. The van der Waals surface area contributed by atoms with Crippen LogP contribution in [0.3, 0.4) is 0 Å². The zero-order valence-electron chi connectivity index (χ0n) is 17.0. The van der Waals surface area contributed by atoms with Crippen LogP contribution >= 0.6 is 34.2 Å². The zero-order valence-corrected chi connectivity index (χ0v) is 19.9. The van der Waals surface area contributed by atoms with Gasteiger partial charge >= 0.3 is 0 Å². The van der Waals surface area contributed by atoms with Crippen molar-refractivity contribution in [1.82, 2.24) is 20.2 Å². The number of aryl methyl sites for hydroxylation is 1. The molecule has 10 heteroatoms. The van der Waals surface area contributed by atoms with E-state index in [0.29, 0.717) is 27.8 Å². The summed E-state index contributed by atoms with van der Waals surface area (Å²) in [6.07, 6.45) is 1.55. The Morgan fingerprint density at radius 2 is 1.97 bits per heavy atom. The summed E-state index contributed by atoms with van der Waals surface area (Å²) in [5, 5.41) is 11.4. The number of hydrogen-bond acceptors (Lipinski definition) is 6. The van der Waals surface area contributed by atoms with Crippen molar-refractivity contribution < 1.29 is 9.63 Å². The first kappa shape index (κ1) is 22.3. The Bertz CT molecular complexity index is 1070. The number of benzene rings is 1. The van der Waals surface area contributed by atoms with E-state index < -0.39 is 0 Å². The van der Waals surface area contributed by atoms with E-state index in [4.69, 9.17) is 16.4 Å². The molecule has 0 saturated carbocycles. The predicted molar refractivity (Wildman–Crippen MR) is 127 cm³/mol. The molecule has 2 aromatic heterocycles. The van der Waals surface area contributed by atoms with Gasteiger partial charge in [-0.2, -0.15) is 5.10 Å². The fourth-order valence-electron chi connectivity index (χ4n) is 2.85. The fraction of sp³-hybridized carbons (Fsp3) is 0.250. The molecule has 0 spiro atoms. The van der Waals surface area contributed by atoms with Gasteiger partial charge in [0, 0.05) is 21.7 Å². The third-order valence-electron chi connectivity index (χ3n) is 4.15. The molecule has 1 amide bonds. The first-order valence-electron chi connectivity index (χ1n) is 9.17. The number of nitrogens with zero attached hydrogens (tertiary/aromatic N) is 3. The molecule has 0 atom stereocenters. The Hall–Kier alpha value is -2.37. The van der Waals surface area contributed by atoms with E-state index >= 15 is 0 Å². The molecule has 30 heavy (non-hydrogen) atoms. The number of hydrogen-bond donors (Lipinski definition) is 3. The molecule has 0 unspecified atom stereocenters. The molecular formula is C20H22ClIN6O2. The number of rotatable bonds is 7. The van der Waals surface area contributed by atoms with E-state index in [1.54, 1.807) is 18.3 Å². The van der Waals surface area contributed by atoms with Crippen molar-refractivity contribution in [3.63, 3.8) is 0 Å². The number of carbonyl (C=O) groups excluding carboxylic acids is 1. The first-order valence-corrected chi connectivity index (χ1v) is 10.6. The highest BCUT2D eigenvalue weighted by molar-refractivity contribution is 14.1. The summed E-state index contributed by atoms with van der Waals surface area (Å²) in [7, 11) is 1.39. The summed E-state index contributed by atoms with van der Waals surface area (Å²) in [5.41, 5.74) is 4.87. The van der Waals surface area contributed by atoms with Crippen molar-refractivity contribution in [2.45, 2.75) is 26.8 Å². The number of nitrogens with one attached hydrogen (secondary N) is 3. The predicted octanol–water partition coefficient (Wildman–Crippen LogP) is 5.20. The second kappa shape index (κ2) is 9.63. The van der Waals surface area contributed by atoms with Crippen molar-refractivity contribution >= 4 is 63.1 Å². The molecule has 1 aromatic carbocycles. The Kier molecular flexibility index (Phi) is 7.16. The standard InChI is InChI=1S/C20H22ClIN6O2/c1-11(2)28-19(7-12(3)26-28)25-18-9-17(15(21)10-23-18)24-16-8-13(22)5-6-14(16)20(29)27-30-4/h5-11H,1-4H3,(H,27,29)(H2,23,24,25). The van der Waals surface area contributed by atoms with Crippen molar-refractivity contribution in [1.29, 1.82) is 0 Å². The number of pyridine rings is 1.